The first-order valence-corrected chi connectivity index (χ1v) is 8.71. The van der Waals surface area contributed by atoms with Gasteiger partial charge in [0.15, 0.2) is 0 Å². The third-order valence-corrected chi connectivity index (χ3v) is 4.56. The highest BCUT2D eigenvalue weighted by Gasteiger charge is 2.22. The summed E-state index contributed by atoms with van der Waals surface area (Å²) in [5.74, 6) is -0.249. The van der Waals surface area contributed by atoms with Crippen LogP contribution in [0.15, 0.2) is 60.8 Å². The highest BCUT2D eigenvalue weighted by molar-refractivity contribution is 5.32. The highest BCUT2D eigenvalue weighted by Crippen LogP contribution is 2.23. The zero-order valence-electron chi connectivity index (χ0n) is 15.3. The summed E-state index contributed by atoms with van der Waals surface area (Å²) in [5, 5.41) is 8.02. The van der Waals surface area contributed by atoms with E-state index in [-0.39, 0.29) is 18.0 Å². The number of aryl methyl sites for hydroxylation is 1. The van der Waals surface area contributed by atoms with Gasteiger partial charge >= 0.3 is 0 Å². The molecule has 2 aromatic carbocycles. The van der Waals surface area contributed by atoms with Crippen LogP contribution in [0.5, 0.6) is 0 Å². The van der Waals surface area contributed by atoms with Crippen LogP contribution in [-0.4, -0.2) is 22.9 Å². The molecule has 0 fully saturated rings. The summed E-state index contributed by atoms with van der Waals surface area (Å²) in [6.07, 6.45) is 1.66. The van der Waals surface area contributed by atoms with Crippen molar-refractivity contribution in [1.29, 1.82) is 0 Å². The van der Waals surface area contributed by atoms with Gasteiger partial charge in [-0.25, -0.2) is 9.07 Å². The van der Waals surface area contributed by atoms with Crippen molar-refractivity contribution in [2.24, 2.45) is 0 Å². The molecule has 2 atom stereocenters. The molecule has 0 aliphatic carbocycles. The number of rotatable bonds is 7. The zero-order valence-corrected chi connectivity index (χ0v) is 15.3. The van der Waals surface area contributed by atoms with Gasteiger partial charge in [0.25, 0.3) is 0 Å². The molecule has 0 saturated carbocycles. The molecule has 1 heterocycles. The van der Waals surface area contributed by atoms with Gasteiger partial charge in [0.1, 0.15) is 5.82 Å². The lowest BCUT2D eigenvalue weighted by atomic mass is 10.0. The fraction of sp³-hybridized carbons (Fsp3) is 0.286. The number of hydrogen-bond donors (Lipinski definition) is 1. The number of ether oxygens (including phenoxy) is 1. The topological polar surface area (TPSA) is 39.1 Å². The van der Waals surface area contributed by atoms with Gasteiger partial charge in [-0.05, 0) is 32.0 Å². The molecule has 1 N–H and O–H groups in total. The van der Waals surface area contributed by atoms with Gasteiger partial charge in [-0.3, -0.25) is 0 Å². The molecule has 136 valence electrons. The SMILES string of the molecule is CO[C@@H](c1ccccc1F)[C@@H](C)NCc1cn(-c2ccccc2)nc1C. The van der Waals surface area contributed by atoms with E-state index in [0.29, 0.717) is 12.1 Å². The normalized spacial score (nSPS) is 13.5. The fourth-order valence-corrected chi connectivity index (χ4v) is 3.07. The lowest BCUT2D eigenvalue weighted by molar-refractivity contribution is 0.0700. The number of nitrogens with one attached hydrogen (secondary N) is 1. The van der Waals surface area contributed by atoms with E-state index in [1.165, 1.54) is 6.07 Å². The van der Waals surface area contributed by atoms with Crippen LogP contribution in [0.1, 0.15) is 29.8 Å². The third-order valence-electron chi connectivity index (χ3n) is 4.56. The van der Waals surface area contributed by atoms with E-state index in [1.807, 2.05) is 61.1 Å². The summed E-state index contributed by atoms with van der Waals surface area (Å²) in [6.45, 7) is 4.62. The summed E-state index contributed by atoms with van der Waals surface area (Å²) in [4.78, 5) is 0. The van der Waals surface area contributed by atoms with Gasteiger partial charge in [0.05, 0.1) is 17.5 Å². The Morgan fingerprint density at radius 3 is 2.50 bits per heavy atom. The molecular weight excluding hydrogens is 329 g/mol. The number of halogens is 1. The number of methoxy groups -OCH3 is 1. The second-order valence-electron chi connectivity index (χ2n) is 6.37. The maximum absolute atomic E-state index is 14.1. The van der Waals surface area contributed by atoms with Crippen LogP contribution >= 0.6 is 0 Å². The van der Waals surface area contributed by atoms with E-state index in [4.69, 9.17) is 4.74 Å². The lowest BCUT2D eigenvalue weighted by Crippen LogP contribution is -2.33. The van der Waals surface area contributed by atoms with Gasteiger partial charge in [-0.1, -0.05) is 36.4 Å². The van der Waals surface area contributed by atoms with E-state index in [0.717, 1.165) is 16.9 Å². The number of benzene rings is 2. The van der Waals surface area contributed by atoms with Crippen molar-refractivity contribution in [3.63, 3.8) is 0 Å². The standard InChI is InChI=1S/C21H24FN3O/c1-15-17(14-25(24-15)18-9-5-4-6-10-18)13-23-16(2)21(26-3)19-11-7-8-12-20(19)22/h4-12,14,16,21,23H,13H2,1-3H3/t16-,21-/m1/s1. The van der Waals surface area contributed by atoms with Crippen LogP contribution in [0, 0.1) is 12.7 Å². The van der Waals surface area contributed by atoms with Crippen molar-refractivity contribution in [3.8, 4) is 5.69 Å². The zero-order chi connectivity index (χ0) is 18.5. The summed E-state index contributed by atoms with van der Waals surface area (Å²) in [7, 11) is 1.61. The van der Waals surface area contributed by atoms with Crippen LogP contribution in [0.3, 0.4) is 0 Å². The largest absolute Gasteiger partial charge is 0.375 e. The van der Waals surface area contributed by atoms with Crippen LogP contribution in [0.25, 0.3) is 5.69 Å². The minimum atomic E-state index is -0.360. The summed E-state index contributed by atoms with van der Waals surface area (Å²) < 4.78 is 21.5. The van der Waals surface area contributed by atoms with Gasteiger partial charge in [-0.2, -0.15) is 5.10 Å². The minimum Gasteiger partial charge on any atom is -0.375 e. The molecule has 0 aliphatic rings. The quantitative estimate of drug-likeness (QED) is 0.692. The van der Waals surface area contributed by atoms with Gasteiger partial charge < -0.3 is 10.1 Å². The molecule has 0 saturated heterocycles. The number of aromatic nitrogens is 2. The smallest absolute Gasteiger partial charge is 0.129 e. The van der Waals surface area contributed by atoms with Gasteiger partial charge in [-0.15, -0.1) is 0 Å². The van der Waals surface area contributed by atoms with Crippen molar-refractivity contribution >= 4 is 0 Å². The third kappa shape index (κ3) is 4.00. The van der Waals surface area contributed by atoms with Crippen molar-refractivity contribution in [2.45, 2.75) is 32.5 Å². The summed E-state index contributed by atoms with van der Waals surface area (Å²) >= 11 is 0. The number of para-hydroxylation sites is 1. The molecule has 3 aromatic rings. The van der Waals surface area contributed by atoms with Crippen LogP contribution in [0.2, 0.25) is 0 Å². The first-order chi connectivity index (χ1) is 12.6. The Morgan fingerprint density at radius 1 is 1.12 bits per heavy atom. The van der Waals surface area contributed by atoms with Crippen molar-refractivity contribution in [3.05, 3.63) is 83.4 Å². The Kier molecular flexibility index (Phi) is 5.81. The van der Waals surface area contributed by atoms with Crippen molar-refractivity contribution in [1.82, 2.24) is 15.1 Å². The molecule has 0 radical (unpaired) electrons. The highest BCUT2D eigenvalue weighted by atomic mass is 19.1. The maximum atomic E-state index is 14.1. The molecule has 0 aliphatic heterocycles. The first kappa shape index (κ1) is 18.3. The minimum absolute atomic E-state index is 0.0589. The predicted octanol–water partition coefficient (Wildman–Crippen LogP) is 4.19. The Morgan fingerprint density at radius 2 is 1.81 bits per heavy atom. The van der Waals surface area contributed by atoms with Crippen LogP contribution in [0.4, 0.5) is 4.39 Å². The second kappa shape index (κ2) is 8.25. The molecule has 4 nitrogen and oxygen atoms in total. The van der Waals surface area contributed by atoms with E-state index < -0.39 is 0 Å². The second-order valence-corrected chi connectivity index (χ2v) is 6.37. The lowest BCUT2D eigenvalue weighted by Gasteiger charge is -2.24. The molecule has 1 aromatic heterocycles. The molecule has 3 rings (SSSR count). The Hall–Kier alpha value is -2.50. The van der Waals surface area contributed by atoms with E-state index in [1.54, 1.807) is 19.2 Å². The number of hydrogen-bond acceptors (Lipinski definition) is 3. The van der Waals surface area contributed by atoms with Crippen LogP contribution in [-0.2, 0) is 11.3 Å². The Labute approximate surface area is 153 Å². The molecule has 0 amide bonds. The average molecular weight is 353 g/mol. The molecule has 0 unspecified atom stereocenters. The van der Waals surface area contributed by atoms with E-state index >= 15 is 0 Å². The molecule has 0 spiro atoms. The van der Waals surface area contributed by atoms with E-state index in [9.17, 15) is 4.39 Å². The maximum Gasteiger partial charge on any atom is 0.129 e. The average Bonchev–Trinajstić information content (AvgIpc) is 3.03. The molecule has 26 heavy (non-hydrogen) atoms. The van der Waals surface area contributed by atoms with Gasteiger partial charge in [0.2, 0.25) is 0 Å². The fourth-order valence-electron chi connectivity index (χ4n) is 3.07. The monoisotopic (exact) mass is 353 g/mol. The summed E-state index contributed by atoms with van der Waals surface area (Å²) in [5.41, 5.74) is 3.65. The van der Waals surface area contributed by atoms with Crippen LogP contribution < -0.4 is 5.32 Å². The summed E-state index contributed by atoms with van der Waals surface area (Å²) in [6, 6.07) is 16.7. The predicted molar refractivity (Wildman–Crippen MR) is 101 cm³/mol. The van der Waals surface area contributed by atoms with E-state index in [2.05, 4.69) is 10.4 Å². The molecule has 0 bridgehead atoms. The first-order valence-electron chi connectivity index (χ1n) is 8.71. The number of nitrogens with zero attached hydrogens (tertiary/aromatic N) is 2. The Balaban J connectivity index is 1.70. The van der Waals surface area contributed by atoms with Crippen molar-refractivity contribution < 1.29 is 9.13 Å². The molecule has 5 heteroatoms. The molecular formula is C21H24FN3O. The van der Waals surface area contributed by atoms with Crippen molar-refractivity contribution in [2.75, 3.05) is 7.11 Å². The van der Waals surface area contributed by atoms with Gasteiger partial charge in [0, 0.05) is 37.0 Å². The Bertz CT molecular complexity index is 847.